The largest absolute Gasteiger partial charge is 0.497 e. The van der Waals surface area contributed by atoms with Crippen LogP contribution in [0.5, 0.6) is 5.75 Å². The van der Waals surface area contributed by atoms with E-state index in [2.05, 4.69) is 15.9 Å². The molecule has 0 saturated heterocycles. The molecule has 98 valence electrons. The van der Waals surface area contributed by atoms with Crippen LogP contribution < -0.4 is 4.74 Å². The summed E-state index contributed by atoms with van der Waals surface area (Å²) in [4.78, 5) is 12.3. The molecule has 0 aromatic heterocycles. The van der Waals surface area contributed by atoms with Crippen LogP contribution in [-0.2, 0) is 0 Å². The Bertz CT molecular complexity index is 643. The van der Waals surface area contributed by atoms with E-state index in [9.17, 15) is 9.18 Å². The molecule has 0 unspecified atom stereocenters. The van der Waals surface area contributed by atoms with Gasteiger partial charge in [-0.05, 0) is 40.2 Å². The number of halogens is 3. The molecule has 5 heteroatoms. The van der Waals surface area contributed by atoms with Crippen molar-refractivity contribution in [2.24, 2.45) is 0 Å². The van der Waals surface area contributed by atoms with Crippen LogP contribution in [0.25, 0.3) is 0 Å². The quantitative estimate of drug-likeness (QED) is 0.768. The van der Waals surface area contributed by atoms with Crippen molar-refractivity contribution < 1.29 is 13.9 Å². The summed E-state index contributed by atoms with van der Waals surface area (Å²) in [6.07, 6.45) is 0. The van der Waals surface area contributed by atoms with Gasteiger partial charge < -0.3 is 4.74 Å². The fourth-order valence-corrected chi connectivity index (χ4v) is 2.21. The van der Waals surface area contributed by atoms with Gasteiger partial charge in [-0.3, -0.25) is 4.79 Å². The number of hydrogen-bond acceptors (Lipinski definition) is 2. The van der Waals surface area contributed by atoms with Gasteiger partial charge in [0.25, 0.3) is 0 Å². The number of carbonyl (C=O) groups is 1. The van der Waals surface area contributed by atoms with Gasteiger partial charge in [-0.15, -0.1) is 0 Å². The van der Waals surface area contributed by atoms with Crippen LogP contribution in [0, 0.1) is 5.82 Å². The summed E-state index contributed by atoms with van der Waals surface area (Å²) in [6, 6.07) is 9.02. The molecule has 0 radical (unpaired) electrons. The first-order chi connectivity index (χ1) is 9.04. The van der Waals surface area contributed by atoms with Gasteiger partial charge in [0.05, 0.1) is 17.7 Å². The summed E-state index contributed by atoms with van der Waals surface area (Å²) in [5.41, 5.74) is 0.209. The van der Waals surface area contributed by atoms with Crippen molar-refractivity contribution in [1.82, 2.24) is 0 Å². The first-order valence-electron chi connectivity index (χ1n) is 5.37. The molecule has 0 fully saturated rings. The highest BCUT2D eigenvalue weighted by Crippen LogP contribution is 2.29. The minimum Gasteiger partial charge on any atom is -0.497 e. The smallest absolute Gasteiger partial charge is 0.197 e. The molecule has 0 N–H and O–H groups in total. The van der Waals surface area contributed by atoms with E-state index in [1.165, 1.54) is 25.3 Å². The second kappa shape index (κ2) is 5.72. The Morgan fingerprint density at radius 2 is 2.00 bits per heavy atom. The maximum absolute atomic E-state index is 13.8. The number of rotatable bonds is 3. The summed E-state index contributed by atoms with van der Waals surface area (Å²) in [7, 11) is 1.43. The zero-order chi connectivity index (χ0) is 14.0. The minimum atomic E-state index is -0.639. The maximum atomic E-state index is 13.8. The Morgan fingerprint density at radius 1 is 1.26 bits per heavy atom. The molecule has 0 bridgehead atoms. The molecule has 0 aliphatic carbocycles. The molecule has 0 saturated carbocycles. The summed E-state index contributed by atoms with van der Waals surface area (Å²) in [5, 5.41) is 0.266. The van der Waals surface area contributed by atoms with Crippen molar-refractivity contribution >= 4 is 33.3 Å². The summed E-state index contributed by atoms with van der Waals surface area (Å²) >= 11 is 9.26. The number of ketones is 1. The molecule has 2 rings (SSSR count). The van der Waals surface area contributed by atoms with E-state index >= 15 is 0 Å². The van der Waals surface area contributed by atoms with Gasteiger partial charge in [-0.2, -0.15) is 0 Å². The van der Waals surface area contributed by atoms with Crippen LogP contribution in [0.4, 0.5) is 4.39 Å². The van der Waals surface area contributed by atoms with Gasteiger partial charge in [0.2, 0.25) is 0 Å². The molecule has 0 amide bonds. The third-order valence-corrected chi connectivity index (χ3v) is 3.91. The van der Waals surface area contributed by atoms with E-state index in [0.717, 1.165) is 0 Å². The SMILES string of the molecule is COc1ccc(C(=O)c2cccc(Br)c2Cl)c(F)c1. The Kier molecular flexibility index (Phi) is 4.22. The van der Waals surface area contributed by atoms with Gasteiger partial charge in [-0.1, -0.05) is 17.7 Å². The molecule has 19 heavy (non-hydrogen) atoms. The Morgan fingerprint density at radius 3 is 2.63 bits per heavy atom. The predicted octanol–water partition coefficient (Wildman–Crippen LogP) is 4.48. The normalized spacial score (nSPS) is 10.3. The van der Waals surface area contributed by atoms with Gasteiger partial charge in [0.15, 0.2) is 5.78 Å². The third-order valence-electron chi connectivity index (χ3n) is 2.62. The van der Waals surface area contributed by atoms with E-state index in [-0.39, 0.29) is 16.1 Å². The van der Waals surface area contributed by atoms with E-state index in [1.54, 1.807) is 18.2 Å². The highest BCUT2D eigenvalue weighted by molar-refractivity contribution is 9.10. The van der Waals surface area contributed by atoms with Crippen LogP contribution in [0.2, 0.25) is 5.02 Å². The van der Waals surface area contributed by atoms with Crippen molar-refractivity contribution in [3.05, 3.63) is 62.8 Å². The lowest BCUT2D eigenvalue weighted by molar-refractivity contribution is 0.103. The standard InChI is InChI=1S/C14H9BrClFO2/c1-19-8-5-6-9(12(17)7-8)14(18)10-3-2-4-11(15)13(10)16/h2-7H,1H3. The van der Waals surface area contributed by atoms with Gasteiger partial charge in [0, 0.05) is 16.1 Å². The molecule has 0 atom stereocenters. The van der Waals surface area contributed by atoms with Crippen LogP contribution in [0.15, 0.2) is 40.9 Å². The van der Waals surface area contributed by atoms with Crippen LogP contribution in [-0.4, -0.2) is 12.9 Å². The second-order valence-corrected chi connectivity index (χ2v) is 5.01. The number of carbonyl (C=O) groups excluding carboxylic acids is 1. The summed E-state index contributed by atoms with van der Waals surface area (Å²) < 4.78 is 19.3. The van der Waals surface area contributed by atoms with Crippen LogP contribution in [0.3, 0.4) is 0 Å². The predicted molar refractivity (Wildman–Crippen MR) is 75.5 cm³/mol. The maximum Gasteiger partial charge on any atom is 0.197 e. The van der Waals surface area contributed by atoms with Crippen molar-refractivity contribution in [3.63, 3.8) is 0 Å². The molecule has 0 spiro atoms. The topological polar surface area (TPSA) is 26.3 Å². The molecular formula is C14H9BrClFO2. The van der Waals surface area contributed by atoms with Gasteiger partial charge in [-0.25, -0.2) is 4.39 Å². The summed E-state index contributed by atoms with van der Waals surface area (Å²) in [6.45, 7) is 0. The number of hydrogen-bond donors (Lipinski definition) is 0. The highest BCUT2D eigenvalue weighted by Gasteiger charge is 2.18. The number of ether oxygens (including phenoxy) is 1. The second-order valence-electron chi connectivity index (χ2n) is 3.78. The lowest BCUT2D eigenvalue weighted by Gasteiger charge is -2.07. The average Bonchev–Trinajstić information content (AvgIpc) is 2.41. The van der Waals surface area contributed by atoms with Crippen molar-refractivity contribution in [2.45, 2.75) is 0 Å². The fourth-order valence-electron chi connectivity index (χ4n) is 1.63. The van der Waals surface area contributed by atoms with E-state index in [1.807, 2.05) is 0 Å². The average molecular weight is 344 g/mol. The molecule has 0 heterocycles. The monoisotopic (exact) mass is 342 g/mol. The fraction of sp³-hybridized carbons (Fsp3) is 0.0714. The highest BCUT2D eigenvalue weighted by atomic mass is 79.9. The van der Waals surface area contributed by atoms with E-state index in [0.29, 0.717) is 10.2 Å². The molecular weight excluding hydrogens is 335 g/mol. The molecule has 2 aromatic carbocycles. The van der Waals surface area contributed by atoms with E-state index in [4.69, 9.17) is 16.3 Å². The molecule has 0 aliphatic heterocycles. The molecule has 2 nitrogen and oxygen atoms in total. The number of methoxy groups -OCH3 is 1. The Balaban J connectivity index is 2.47. The lowest BCUT2D eigenvalue weighted by Crippen LogP contribution is -2.05. The van der Waals surface area contributed by atoms with Gasteiger partial charge in [0.1, 0.15) is 11.6 Å². The minimum absolute atomic E-state index is 0.0409. The summed E-state index contributed by atoms with van der Waals surface area (Å²) in [5.74, 6) is -0.749. The zero-order valence-corrected chi connectivity index (χ0v) is 12.3. The first-order valence-corrected chi connectivity index (χ1v) is 6.54. The Hall–Kier alpha value is -1.39. The lowest BCUT2D eigenvalue weighted by atomic mass is 10.0. The first kappa shape index (κ1) is 14.0. The molecule has 0 aliphatic rings. The molecule has 2 aromatic rings. The van der Waals surface area contributed by atoms with Crippen LogP contribution >= 0.6 is 27.5 Å². The Labute approximate surface area is 123 Å². The van der Waals surface area contributed by atoms with Crippen molar-refractivity contribution in [3.8, 4) is 5.75 Å². The third kappa shape index (κ3) is 2.80. The van der Waals surface area contributed by atoms with Gasteiger partial charge >= 0.3 is 0 Å². The zero-order valence-electron chi connectivity index (χ0n) is 9.91. The van der Waals surface area contributed by atoms with Crippen molar-refractivity contribution in [2.75, 3.05) is 7.11 Å². The van der Waals surface area contributed by atoms with E-state index < -0.39 is 11.6 Å². The van der Waals surface area contributed by atoms with Crippen LogP contribution in [0.1, 0.15) is 15.9 Å². The van der Waals surface area contributed by atoms with Crippen molar-refractivity contribution in [1.29, 1.82) is 0 Å². The number of benzene rings is 2.